The van der Waals surface area contributed by atoms with E-state index in [1.54, 1.807) is 0 Å². The van der Waals surface area contributed by atoms with Crippen LogP contribution in [0.5, 0.6) is 0 Å². The van der Waals surface area contributed by atoms with Crippen molar-refractivity contribution in [2.45, 2.75) is 31.5 Å². The lowest BCUT2D eigenvalue weighted by Gasteiger charge is -2.26. The second-order valence-corrected chi connectivity index (χ2v) is 6.56. The van der Waals surface area contributed by atoms with Crippen molar-refractivity contribution in [3.63, 3.8) is 0 Å². The summed E-state index contributed by atoms with van der Waals surface area (Å²) in [5.41, 5.74) is 0. The Kier molecular flexibility index (Phi) is 4.11. The molecule has 3 aliphatic heterocycles. The second-order valence-electron chi connectivity index (χ2n) is 5.34. The van der Waals surface area contributed by atoms with Crippen LogP contribution in [-0.4, -0.2) is 60.8 Å². The third-order valence-electron chi connectivity index (χ3n) is 4.16. The van der Waals surface area contributed by atoms with Gasteiger partial charge in [-0.25, -0.2) is 0 Å². The van der Waals surface area contributed by atoms with Crippen LogP contribution in [0, 0.1) is 5.92 Å². The van der Waals surface area contributed by atoms with E-state index in [0.29, 0.717) is 12.7 Å². The number of hydrogen-bond donors (Lipinski definition) is 0. The fraction of sp³-hybridized carbons (Fsp3) is 0.923. The molecular formula is C13H21NO3S. The molecule has 3 unspecified atom stereocenters. The molecule has 0 saturated carbocycles. The summed E-state index contributed by atoms with van der Waals surface area (Å²) in [5.74, 6) is 2.39. The predicted molar refractivity (Wildman–Crippen MR) is 70.7 cm³/mol. The van der Waals surface area contributed by atoms with Crippen molar-refractivity contribution in [3.8, 4) is 0 Å². The zero-order valence-electron chi connectivity index (χ0n) is 10.7. The standard InChI is InChI=1S/C13H21NO3S/c15-13(11-9-10-1-2-12(11)17-10)16-6-3-14-4-7-18-8-5-14/h10-12H,1-9H2. The van der Waals surface area contributed by atoms with Gasteiger partial charge in [-0.3, -0.25) is 9.69 Å². The molecule has 0 aliphatic carbocycles. The van der Waals surface area contributed by atoms with Crippen LogP contribution in [0.4, 0.5) is 0 Å². The molecule has 2 bridgehead atoms. The molecular weight excluding hydrogens is 250 g/mol. The van der Waals surface area contributed by atoms with Gasteiger partial charge in [0, 0.05) is 31.1 Å². The second kappa shape index (κ2) is 5.80. The lowest BCUT2D eigenvalue weighted by molar-refractivity contribution is -0.150. The van der Waals surface area contributed by atoms with Crippen LogP contribution in [0.3, 0.4) is 0 Å². The molecule has 5 heteroatoms. The summed E-state index contributed by atoms with van der Waals surface area (Å²) in [5, 5.41) is 0. The zero-order chi connectivity index (χ0) is 12.4. The number of esters is 1. The third kappa shape index (κ3) is 2.83. The molecule has 102 valence electrons. The fourth-order valence-corrected chi connectivity index (χ4v) is 4.07. The molecule has 3 atom stereocenters. The fourth-order valence-electron chi connectivity index (χ4n) is 3.09. The maximum Gasteiger partial charge on any atom is 0.311 e. The molecule has 0 aromatic rings. The first-order valence-corrected chi connectivity index (χ1v) is 8.10. The van der Waals surface area contributed by atoms with Gasteiger partial charge in [0.25, 0.3) is 0 Å². The highest BCUT2D eigenvalue weighted by atomic mass is 32.2. The van der Waals surface area contributed by atoms with Crippen molar-refractivity contribution in [1.82, 2.24) is 4.90 Å². The van der Waals surface area contributed by atoms with Crippen molar-refractivity contribution in [3.05, 3.63) is 0 Å². The maximum atomic E-state index is 12.0. The van der Waals surface area contributed by atoms with Gasteiger partial charge in [-0.2, -0.15) is 11.8 Å². The first-order valence-electron chi connectivity index (χ1n) is 6.95. The van der Waals surface area contributed by atoms with Crippen LogP contribution in [-0.2, 0) is 14.3 Å². The maximum absolute atomic E-state index is 12.0. The van der Waals surface area contributed by atoms with Gasteiger partial charge in [0.1, 0.15) is 6.61 Å². The number of thioether (sulfide) groups is 1. The van der Waals surface area contributed by atoms with E-state index >= 15 is 0 Å². The number of carbonyl (C=O) groups is 1. The number of fused-ring (bicyclic) bond motifs is 2. The lowest BCUT2D eigenvalue weighted by atomic mass is 9.89. The minimum absolute atomic E-state index is 0.0145. The van der Waals surface area contributed by atoms with Crippen LogP contribution in [0.1, 0.15) is 19.3 Å². The SMILES string of the molecule is O=C(OCCN1CCSCC1)C1CC2CCC1O2. The molecule has 0 amide bonds. The molecule has 4 nitrogen and oxygen atoms in total. The highest BCUT2D eigenvalue weighted by Crippen LogP contribution is 2.39. The molecule has 0 aromatic carbocycles. The summed E-state index contributed by atoms with van der Waals surface area (Å²) in [7, 11) is 0. The molecule has 3 fully saturated rings. The average Bonchev–Trinajstić information content (AvgIpc) is 3.02. The summed E-state index contributed by atoms with van der Waals surface area (Å²) in [6.07, 6.45) is 3.51. The quantitative estimate of drug-likeness (QED) is 0.717. The third-order valence-corrected chi connectivity index (χ3v) is 5.11. The van der Waals surface area contributed by atoms with E-state index in [2.05, 4.69) is 4.90 Å². The minimum Gasteiger partial charge on any atom is -0.464 e. The van der Waals surface area contributed by atoms with E-state index in [4.69, 9.17) is 9.47 Å². The molecule has 0 N–H and O–H groups in total. The van der Waals surface area contributed by atoms with Gasteiger partial charge in [0.05, 0.1) is 18.1 Å². The van der Waals surface area contributed by atoms with Crippen LogP contribution >= 0.6 is 11.8 Å². The Hall–Kier alpha value is -0.260. The Morgan fingerprint density at radius 1 is 1.33 bits per heavy atom. The number of ether oxygens (including phenoxy) is 2. The topological polar surface area (TPSA) is 38.8 Å². The van der Waals surface area contributed by atoms with Crippen molar-refractivity contribution < 1.29 is 14.3 Å². The number of nitrogens with zero attached hydrogens (tertiary/aromatic N) is 1. The molecule has 18 heavy (non-hydrogen) atoms. The van der Waals surface area contributed by atoms with Gasteiger partial charge in [-0.15, -0.1) is 0 Å². The van der Waals surface area contributed by atoms with Gasteiger partial charge in [-0.1, -0.05) is 0 Å². The number of rotatable bonds is 4. The normalized spacial score (nSPS) is 35.9. The molecule has 3 aliphatic rings. The Balaban J connectivity index is 1.36. The van der Waals surface area contributed by atoms with Gasteiger partial charge in [0.15, 0.2) is 0 Å². The van der Waals surface area contributed by atoms with Crippen LogP contribution in [0.2, 0.25) is 0 Å². The van der Waals surface area contributed by atoms with Crippen LogP contribution in [0.15, 0.2) is 0 Å². The summed E-state index contributed by atoms with van der Waals surface area (Å²) >= 11 is 2.00. The van der Waals surface area contributed by atoms with Gasteiger partial charge in [0.2, 0.25) is 0 Å². The van der Waals surface area contributed by atoms with Gasteiger partial charge >= 0.3 is 5.97 Å². The Morgan fingerprint density at radius 2 is 2.17 bits per heavy atom. The highest BCUT2D eigenvalue weighted by Gasteiger charge is 2.45. The van der Waals surface area contributed by atoms with E-state index in [1.165, 1.54) is 11.5 Å². The molecule has 0 spiro atoms. The largest absolute Gasteiger partial charge is 0.464 e. The minimum atomic E-state index is -0.0337. The lowest BCUT2D eigenvalue weighted by Crippen LogP contribution is -2.36. The zero-order valence-corrected chi connectivity index (χ0v) is 11.5. The monoisotopic (exact) mass is 271 g/mol. The first-order chi connectivity index (χ1) is 8.83. The average molecular weight is 271 g/mol. The molecule has 3 saturated heterocycles. The van der Waals surface area contributed by atoms with Crippen molar-refractivity contribution in [1.29, 1.82) is 0 Å². The van der Waals surface area contributed by atoms with Gasteiger partial charge < -0.3 is 9.47 Å². The molecule has 0 aromatic heterocycles. The molecule has 3 rings (SSSR count). The van der Waals surface area contributed by atoms with Crippen LogP contribution in [0.25, 0.3) is 0 Å². The van der Waals surface area contributed by atoms with E-state index < -0.39 is 0 Å². The smallest absolute Gasteiger partial charge is 0.311 e. The Morgan fingerprint density at radius 3 is 2.83 bits per heavy atom. The summed E-state index contributed by atoms with van der Waals surface area (Å²) in [4.78, 5) is 14.3. The summed E-state index contributed by atoms with van der Waals surface area (Å²) < 4.78 is 11.1. The van der Waals surface area contributed by atoms with Crippen molar-refractivity contribution >= 4 is 17.7 Å². The first kappa shape index (κ1) is 12.8. The van der Waals surface area contributed by atoms with Crippen LogP contribution < -0.4 is 0 Å². The number of hydrogen-bond acceptors (Lipinski definition) is 5. The van der Waals surface area contributed by atoms with E-state index in [1.807, 2.05) is 11.8 Å². The highest BCUT2D eigenvalue weighted by molar-refractivity contribution is 7.99. The van der Waals surface area contributed by atoms with E-state index in [-0.39, 0.29) is 18.0 Å². The van der Waals surface area contributed by atoms with Gasteiger partial charge in [-0.05, 0) is 19.3 Å². The molecule has 3 heterocycles. The van der Waals surface area contributed by atoms with E-state index in [0.717, 1.165) is 38.9 Å². The Labute approximate surface area is 112 Å². The molecule has 0 radical (unpaired) electrons. The summed E-state index contributed by atoms with van der Waals surface area (Å²) in [6, 6.07) is 0. The van der Waals surface area contributed by atoms with Crippen molar-refractivity contribution in [2.24, 2.45) is 5.92 Å². The number of carbonyl (C=O) groups excluding carboxylic acids is 1. The van der Waals surface area contributed by atoms with Crippen molar-refractivity contribution in [2.75, 3.05) is 37.7 Å². The Bertz CT molecular complexity index is 307. The summed E-state index contributed by atoms with van der Waals surface area (Å²) in [6.45, 7) is 3.67. The predicted octanol–water partition coefficient (Wildman–Crippen LogP) is 1.15. The van der Waals surface area contributed by atoms with E-state index in [9.17, 15) is 4.79 Å².